The highest BCUT2D eigenvalue weighted by Gasteiger charge is 2.32. The zero-order valence-electron chi connectivity index (χ0n) is 46.0. The number of amides is 1. The maximum Gasteiger partial charge on any atom is 0.410 e. The fourth-order valence-electron chi connectivity index (χ4n) is 10.9. The van der Waals surface area contributed by atoms with E-state index in [-0.39, 0.29) is 12.1 Å². The van der Waals surface area contributed by atoms with E-state index in [0.717, 1.165) is 128 Å². The summed E-state index contributed by atoms with van der Waals surface area (Å²) in [6.07, 6.45) is 16.4. The Kier molecular flexibility index (Phi) is 21.3. The number of ether oxygens (including phenoxy) is 1. The number of piperazine rings is 2. The first-order valence-corrected chi connectivity index (χ1v) is 34.9. The lowest BCUT2D eigenvalue weighted by Crippen LogP contribution is -2.53. The van der Waals surface area contributed by atoms with Crippen LogP contribution in [0.4, 0.5) is 16.7 Å². The Morgan fingerprint density at radius 3 is 1.67 bits per heavy atom. The fourth-order valence-corrected chi connectivity index (χ4v) is 11.2. The van der Waals surface area contributed by atoms with Crippen LogP contribution < -0.4 is 16.0 Å². The van der Waals surface area contributed by atoms with Gasteiger partial charge in [-0.05, 0) is 95.0 Å². The third-order valence-corrected chi connectivity index (χ3v) is 15.1. The molecule has 15 nitrogen and oxygen atoms in total. The number of carbonyl (C=O) groups excluding carboxylic acids is 1. The molecule has 6 heterocycles. The number of H-pyrrole nitrogens is 2. The number of hydrogen-bond donors (Lipinski definition) is 5. The molecule has 4 aliphatic rings. The van der Waals surface area contributed by atoms with Crippen molar-refractivity contribution in [3.8, 4) is 28.6 Å². The highest BCUT2D eigenvalue weighted by Crippen LogP contribution is 2.36. The van der Waals surface area contributed by atoms with Gasteiger partial charge in [0.15, 0.2) is 0 Å². The van der Waals surface area contributed by atoms with E-state index >= 15 is 0 Å². The predicted octanol–water partition coefficient (Wildman–Crippen LogP) is 13.3. The van der Waals surface area contributed by atoms with Crippen LogP contribution in [-0.2, 0) is 11.3 Å². The molecule has 19 heteroatoms. The van der Waals surface area contributed by atoms with E-state index in [0.29, 0.717) is 59.8 Å². The molecule has 414 valence electrons. The minimum atomic E-state index is -0.641. The number of carbonyl (C=O) groups is 1. The van der Waals surface area contributed by atoms with Gasteiger partial charge in [-0.15, -0.1) is 21.8 Å². The van der Waals surface area contributed by atoms with Gasteiger partial charge >= 0.3 is 6.09 Å². The van der Waals surface area contributed by atoms with E-state index in [4.69, 9.17) is 43.2 Å². The summed E-state index contributed by atoms with van der Waals surface area (Å²) < 4.78 is 5.54. The van der Waals surface area contributed by atoms with Gasteiger partial charge in [-0.2, -0.15) is 5.26 Å². The van der Waals surface area contributed by atoms with Crippen LogP contribution in [0, 0.1) is 25.2 Å². The molecule has 4 fully saturated rings. The van der Waals surface area contributed by atoms with Gasteiger partial charge < -0.3 is 35.6 Å². The predicted molar refractivity (Wildman–Crippen MR) is 330 cm³/mol. The van der Waals surface area contributed by atoms with E-state index in [1.165, 1.54) is 30.9 Å². The van der Waals surface area contributed by atoms with E-state index in [1.807, 2.05) is 47.6 Å². The van der Waals surface area contributed by atoms with Crippen molar-refractivity contribution in [1.82, 2.24) is 49.9 Å². The standard InChI is InChI=1S/C31H35ClN6O2.C23H29ClN6.C3H9ISi.C2H3N/c1-21-10-11-28-25(16-21)26(18-33-28)29-27(32)19-34-30(36-29)35-23-8-5-9-24(17-23)37-12-14-38(15-13-37)31(39)40-20-22-6-3-2-4-7-22;1-15-5-6-21-18(11-15)19(13-26-21)22-20(24)14-27-23(29-22)28-16-3-2-4-17(12-16)30-9-7-25-8-10-30;1-5(2,3)4;1-2-3/h2-4,6-7,10-11,16,18-19,23-24,33H,5,8-9,12-15,17,20H2,1H3,(H,34,35,36);5-6,11,13-14,16-17,25-26H,2-4,7-10,12H2,1H3,(H,27,28,29);1-3H3;1H3/t23-,24+;16-,17+;;/m11../s1. The van der Waals surface area contributed by atoms with Crippen molar-refractivity contribution in [1.29, 1.82) is 5.26 Å². The molecule has 0 unspecified atom stereocenters. The Bertz CT molecular complexity index is 3090. The second kappa shape index (κ2) is 28.2. The monoisotopic (exact) mass is 1220 g/mol. The number of hydrogen-bond acceptors (Lipinski definition) is 12. The molecular weight excluding hydrogens is 1150 g/mol. The Hall–Kier alpha value is -5.33. The maximum absolute atomic E-state index is 12.6. The number of rotatable bonds is 10. The lowest BCUT2D eigenvalue weighted by atomic mass is 9.89. The molecule has 3 aromatic carbocycles. The van der Waals surface area contributed by atoms with Crippen LogP contribution in [0.15, 0.2) is 91.5 Å². The third kappa shape index (κ3) is 16.6. The zero-order valence-corrected chi connectivity index (χ0v) is 50.7. The van der Waals surface area contributed by atoms with Crippen molar-refractivity contribution in [2.75, 3.05) is 63.0 Å². The van der Waals surface area contributed by atoms with Gasteiger partial charge in [0.2, 0.25) is 11.9 Å². The summed E-state index contributed by atoms with van der Waals surface area (Å²) in [4.78, 5) is 44.9. The summed E-state index contributed by atoms with van der Waals surface area (Å²) >= 11 is 15.6. The zero-order chi connectivity index (χ0) is 55.2. The number of benzene rings is 3. The van der Waals surface area contributed by atoms with E-state index in [2.05, 4.69) is 137 Å². The number of nitrogens with zero attached hydrogens (tertiary/aromatic N) is 8. The minimum Gasteiger partial charge on any atom is -0.445 e. The van der Waals surface area contributed by atoms with E-state index in [1.54, 1.807) is 18.5 Å². The summed E-state index contributed by atoms with van der Waals surface area (Å²) in [6.45, 7) is 20.5. The van der Waals surface area contributed by atoms with Crippen LogP contribution in [-0.4, -0.2) is 133 Å². The molecule has 0 bridgehead atoms. The maximum atomic E-state index is 12.6. The Morgan fingerprint density at radius 1 is 0.731 bits per heavy atom. The molecule has 0 spiro atoms. The number of aryl methyl sites for hydroxylation is 2. The normalized spacial score (nSPS) is 20.0. The fraction of sp³-hybridized carbons (Fsp3) is 0.458. The number of halogens is 3. The van der Waals surface area contributed by atoms with Gasteiger partial charge in [0, 0.05) is 129 Å². The summed E-state index contributed by atoms with van der Waals surface area (Å²) in [6, 6.07) is 26.1. The van der Waals surface area contributed by atoms with Crippen LogP contribution in [0.5, 0.6) is 0 Å². The molecular formula is C59H76Cl2IN13O2Si. The largest absolute Gasteiger partial charge is 0.445 e. The van der Waals surface area contributed by atoms with Gasteiger partial charge in [-0.25, -0.2) is 24.7 Å². The van der Waals surface area contributed by atoms with Crippen LogP contribution >= 0.6 is 45.0 Å². The molecule has 7 aromatic rings. The van der Waals surface area contributed by atoms with E-state index < -0.39 is 5.57 Å². The first kappa shape index (κ1) is 58.8. The molecule has 2 saturated carbocycles. The summed E-state index contributed by atoms with van der Waals surface area (Å²) in [7, 11) is 0. The molecule has 2 aliphatic carbocycles. The minimum absolute atomic E-state index is 0.229. The quantitative estimate of drug-likeness (QED) is 0.0498. The molecule has 11 rings (SSSR count). The molecule has 5 N–H and O–H groups in total. The number of nitriles is 1. The molecule has 2 aliphatic heterocycles. The van der Waals surface area contributed by atoms with Gasteiger partial charge in [-0.1, -0.05) is 96.4 Å². The van der Waals surface area contributed by atoms with Crippen molar-refractivity contribution in [2.45, 2.75) is 123 Å². The smallest absolute Gasteiger partial charge is 0.410 e. The van der Waals surface area contributed by atoms with Crippen LogP contribution in [0.1, 0.15) is 75.0 Å². The first-order valence-electron chi connectivity index (χ1n) is 27.5. The average Bonchev–Trinajstić information content (AvgIpc) is 4.08. The Morgan fingerprint density at radius 2 is 1.19 bits per heavy atom. The average molecular weight is 1230 g/mol. The van der Waals surface area contributed by atoms with Gasteiger partial charge in [-0.3, -0.25) is 9.80 Å². The molecule has 2 saturated heterocycles. The van der Waals surface area contributed by atoms with Crippen molar-refractivity contribution < 1.29 is 9.53 Å². The molecule has 0 radical (unpaired) electrons. The number of fused-ring (bicyclic) bond motifs is 2. The molecule has 78 heavy (non-hydrogen) atoms. The summed E-state index contributed by atoms with van der Waals surface area (Å²) in [5, 5.41) is 21.3. The number of aromatic nitrogens is 6. The first-order chi connectivity index (χ1) is 37.6. The van der Waals surface area contributed by atoms with Crippen molar-refractivity contribution in [3.05, 3.63) is 118 Å². The highest BCUT2D eigenvalue weighted by molar-refractivity contribution is 14.1. The number of nitrogens with one attached hydrogen (secondary N) is 5. The van der Waals surface area contributed by atoms with Crippen molar-refractivity contribution >= 4 is 90.4 Å². The van der Waals surface area contributed by atoms with E-state index in [9.17, 15) is 4.79 Å². The Labute approximate surface area is 484 Å². The third-order valence-electron chi connectivity index (χ3n) is 14.6. The van der Waals surface area contributed by atoms with Crippen molar-refractivity contribution in [2.24, 2.45) is 0 Å². The van der Waals surface area contributed by atoms with Crippen LogP contribution in [0.25, 0.3) is 44.3 Å². The molecule has 1 amide bonds. The summed E-state index contributed by atoms with van der Waals surface area (Å²) in [5.41, 5.74) is 8.43. The topological polar surface area (TPSA) is 179 Å². The van der Waals surface area contributed by atoms with Crippen molar-refractivity contribution in [3.63, 3.8) is 0 Å². The van der Waals surface area contributed by atoms with Crippen LogP contribution in [0.3, 0.4) is 0 Å². The lowest BCUT2D eigenvalue weighted by molar-refractivity contribution is 0.0518. The SMILES string of the molecule is CC#N.C[Si](C)(C)I.Cc1ccc2[nH]cc(-c3nc(N[C@@H]4CCC[C@H](N5CCN(C(=O)OCc6ccccc6)CC5)C4)ncc3Cl)c2c1.Cc1ccc2[nH]cc(-c3nc(N[C@@H]4CCC[C@H](N5CCNCC5)C4)ncc3Cl)c2c1. The second-order valence-electron chi connectivity index (χ2n) is 21.7. The number of anilines is 2. The second-order valence-corrected chi connectivity index (χ2v) is 36.4. The van der Waals surface area contributed by atoms with Gasteiger partial charge in [0.05, 0.1) is 39.9 Å². The molecule has 4 atom stereocenters. The van der Waals surface area contributed by atoms with Gasteiger partial charge in [0.1, 0.15) is 12.2 Å². The highest BCUT2D eigenvalue weighted by atomic mass is 127. The number of aromatic amines is 2. The van der Waals surface area contributed by atoms with Gasteiger partial charge in [0.25, 0.3) is 0 Å². The summed E-state index contributed by atoms with van der Waals surface area (Å²) in [5.74, 6) is 1.28. The molecule has 4 aromatic heterocycles. The lowest BCUT2D eigenvalue weighted by Gasteiger charge is -2.42. The van der Waals surface area contributed by atoms with Crippen LogP contribution in [0.2, 0.25) is 29.7 Å². The Balaban J connectivity index is 0.000000186.